The highest BCUT2D eigenvalue weighted by Gasteiger charge is 2.41. The Hall–Kier alpha value is -1.42. The summed E-state index contributed by atoms with van der Waals surface area (Å²) < 4.78 is 13.3. The molecule has 2 aliphatic heterocycles. The lowest BCUT2D eigenvalue weighted by Gasteiger charge is -2.33. The van der Waals surface area contributed by atoms with Crippen LogP contribution in [-0.2, 0) is 0 Å². The Bertz CT molecular complexity index is 557. The first-order valence-corrected chi connectivity index (χ1v) is 7.98. The SMILES string of the molecule is O=C(c1cccc(F)c1)N1CC2CC(C1)N(CC1CC1)C2. The van der Waals surface area contributed by atoms with Crippen molar-refractivity contribution in [2.45, 2.75) is 25.3 Å². The molecule has 3 fully saturated rings. The highest BCUT2D eigenvalue weighted by Crippen LogP contribution is 2.36. The van der Waals surface area contributed by atoms with Gasteiger partial charge in [-0.3, -0.25) is 9.69 Å². The maximum Gasteiger partial charge on any atom is 0.254 e. The zero-order chi connectivity index (χ0) is 14.4. The number of carbonyl (C=O) groups excluding carboxylic acids is 1. The maximum atomic E-state index is 13.3. The molecule has 4 rings (SSSR count). The Morgan fingerprint density at radius 1 is 1.24 bits per heavy atom. The van der Waals surface area contributed by atoms with Gasteiger partial charge in [0.05, 0.1) is 0 Å². The number of likely N-dealkylation sites (tertiary alicyclic amines) is 2. The highest BCUT2D eigenvalue weighted by molar-refractivity contribution is 5.94. The Morgan fingerprint density at radius 2 is 2.10 bits per heavy atom. The van der Waals surface area contributed by atoms with Crippen LogP contribution in [0.25, 0.3) is 0 Å². The maximum absolute atomic E-state index is 13.3. The lowest BCUT2D eigenvalue weighted by atomic mass is 9.99. The number of amides is 1. The van der Waals surface area contributed by atoms with Crippen molar-refractivity contribution in [2.75, 3.05) is 26.2 Å². The molecule has 3 nitrogen and oxygen atoms in total. The van der Waals surface area contributed by atoms with Crippen molar-refractivity contribution in [1.29, 1.82) is 0 Å². The summed E-state index contributed by atoms with van der Waals surface area (Å²) >= 11 is 0. The van der Waals surface area contributed by atoms with E-state index in [4.69, 9.17) is 0 Å². The Morgan fingerprint density at radius 3 is 2.86 bits per heavy atom. The van der Waals surface area contributed by atoms with Gasteiger partial charge >= 0.3 is 0 Å². The molecule has 1 aromatic rings. The van der Waals surface area contributed by atoms with E-state index < -0.39 is 0 Å². The molecule has 2 heterocycles. The number of carbonyl (C=O) groups is 1. The molecule has 1 aromatic carbocycles. The summed E-state index contributed by atoms with van der Waals surface area (Å²) in [4.78, 5) is 17.1. The molecule has 21 heavy (non-hydrogen) atoms. The molecular formula is C17H21FN2O. The number of halogens is 1. The van der Waals surface area contributed by atoms with Crippen molar-refractivity contribution in [3.63, 3.8) is 0 Å². The minimum atomic E-state index is -0.337. The lowest BCUT2D eigenvalue weighted by molar-refractivity contribution is 0.0668. The molecule has 2 bridgehead atoms. The third kappa shape index (κ3) is 2.69. The van der Waals surface area contributed by atoms with Crippen LogP contribution in [0.5, 0.6) is 0 Å². The van der Waals surface area contributed by atoms with E-state index in [9.17, 15) is 9.18 Å². The number of hydrogen-bond donors (Lipinski definition) is 0. The van der Waals surface area contributed by atoms with Crippen LogP contribution >= 0.6 is 0 Å². The molecule has 0 N–H and O–H groups in total. The van der Waals surface area contributed by atoms with Crippen LogP contribution in [0, 0.1) is 17.7 Å². The van der Waals surface area contributed by atoms with E-state index >= 15 is 0 Å². The van der Waals surface area contributed by atoms with Crippen molar-refractivity contribution in [1.82, 2.24) is 9.80 Å². The quantitative estimate of drug-likeness (QED) is 0.852. The minimum Gasteiger partial charge on any atom is -0.337 e. The van der Waals surface area contributed by atoms with Gasteiger partial charge in [-0.1, -0.05) is 6.07 Å². The summed E-state index contributed by atoms with van der Waals surface area (Å²) in [7, 11) is 0. The summed E-state index contributed by atoms with van der Waals surface area (Å²) in [5, 5.41) is 0. The van der Waals surface area contributed by atoms with Gasteiger partial charge in [0.15, 0.2) is 0 Å². The van der Waals surface area contributed by atoms with Gasteiger partial charge < -0.3 is 4.90 Å². The molecule has 2 unspecified atom stereocenters. The molecule has 3 aliphatic rings. The van der Waals surface area contributed by atoms with Gasteiger partial charge in [0, 0.05) is 37.8 Å². The number of nitrogens with zero attached hydrogens (tertiary/aromatic N) is 2. The zero-order valence-electron chi connectivity index (χ0n) is 12.2. The van der Waals surface area contributed by atoms with Gasteiger partial charge in [-0.2, -0.15) is 0 Å². The first kappa shape index (κ1) is 13.3. The first-order valence-electron chi connectivity index (χ1n) is 7.98. The summed E-state index contributed by atoms with van der Waals surface area (Å²) in [6.45, 7) is 3.98. The second-order valence-corrected chi connectivity index (χ2v) is 6.87. The predicted molar refractivity (Wildman–Crippen MR) is 78.5 cm³/mol. The standard InChI is InChI=1S/C17H21FN2O/c18-15-3-1-2-14(7-15)17(21)20-10-13-6-16(11-20)19(9-13)8-12-4-5-12/h1-3,7,12-13,16H,4-6,8-11H2. The molecule has 1 amide bonds. The van der Waals surface area contributed by atoms with Crippen LogP contribution in [0.1, 0.15) is 29.6 Å². The number of benzene rings is 1. The lowest BCUT2D eigenvalue weighted by Crippen LogP contribution is -2.45. The Kier molecular flexibility index (Phi) is 3.21. The smallest absolute Gasteiger partial charge is 0.254 e. The van der Waals surface area contributed by atoms with Gasteiger partial charge in [0.1, 0.15) is 5.82 Å². The molecule has 0 aromatic heterocycles. The van der Waals surface area contributed by atoms with Crippen molar-refractivity contribution in [2.24, 2.45) is 11.8 Å². The number of fused-ring (bicyclic) bond motifs is 2. The van der Waals surface area contributed by atoms with Gasteiger partial charge in [-0.15, -0.1) is 0 Å². The van der Waals surface area contributed by atoms with Crippen LogP contribution in [-0.4, -0.2) is 47.9 Å². The zero-order valence-corrected chi connectivity index (χ0v) is 12.2. The summed E-state index contributed by atoms with van der Waals surface area (Å²) in [5.74, 6) is 1.14. The van der Waals surface area contributed by atoms with Crippen LogP contribution < -0.4 is 0 Å². The van der Waals surface area contributed by atoms with Crippen LogP contribution in [0.4, 0.5) is 4.39 Å². The van der Waals surface area contributed by atoms with E-state index in [1.807, 2.05) is 4.90 Å². The Balaban J connectivity index is 1.46. The van der Waals surface area contributed by atoms with E-state index in [1.165, 1.54) is 37.9 Å². The molecule has 0 radical (unpaired) electrons. The summed E-state index contributed by atoms with van der Waals surface area (Å²) in [6.07, 6.45) is 3.97. The number of rotatable bonds is 3. The van der Waals surface area contributed by atoms with Crippen molar-refractivity contribution in [3.8, 4) is 0 Å². The highest BCUT2D eigenvalue weighted by atomic mass is 19.1. The fourth-order valence-electron chi connectivity index (χ4n) is 3.88. The number of piperidine rings is 1. The predicted octanol–water partition coefficient (Wildman–Crippen LogP) is 2.38. The van der Waals surface area contributed by atoms with Crippen molar-refractivity contribution in [3.05, 3.63) is 35.6 Å². The molecule has 112 valence electrons. The van der Waals surface area contributed by atoms with Crippen molar-refractivity contribution >= 4 is 5.91 Å². The van der Waals surface area contributed by atoms with E-state index in [0.717, 1.165) is 25.6 Å². The average molecular weight is 288 g/mol. The molecule has 0 spiro atoms. The topological polar surface area (TPSA) is 23.6 Å². The van der Waals surface area contributed by atoms with E-state index in [-0.39, 0.29) is 11.7 Å². The first-order chi connectivity index (χ1) is 10.2. The Labute approximate surface area is 124 Å². The summed E-state index contributed by atoms with van der Waals surface area (Å²) in [5.41, 5.74) is 0.477. The summed E-state index contributed by atoms with van der Waals surface area (Å²) in [6, 6.07) is 6.57. The fraction of sp³-hybridized carbons (Fsp3) is 0.588. The normalized spacial score (nSPS) is 28.9. The molecule has 2 atom stereocenters. The van der Waals surface area contributed by atoms with Gasteiger partial charge in [-0.05, 0) is 49.3 Å². The fourth-order valence-corrected chi connectivity index (χ4v) is 3.88. The molecule has 1 aliphatic carbocycles. The third-order valence-corrected chi connectivity index (χ3v) is 5.07. The van der Waals surface area contributed by atoms with Gasteiger partial charge in [0.2, 0.25) is 0 Å². The van der Waals surface area contributed by atoms with E-state index in [2.05, 4.69) is 4.90 Å². The van der Waals surface area contributed by atoms with Gasteiger partial charge in [0.25, 0.3) is 5.91 Å². The molecule has 1 saturated carbocycles. The molecular weight excluding hydrogens is 267 g/mol. The minimum absolute atomic E-state index is 0.0162. The van der Waals surface area contributed by atoms with E-state index in [1.54, 1.807) is 12.1 Å². The van der Waals surface area contributed by atoms with E-state index in [0.29, 0.717) is 17.5 Å². The van der Waals surface area contributed by atoms with Crippen LogP contribution in [0.3, 0.4) is 0 Å². The van der Waals surface area contributed by atoms with Crippen molar-refractivity contribution < 1.29 is 9.18 Å². The largest absolute Gasteiger partial charge is 0.337 e. The average Bonchev–Trinajstić information content (AvgIpc) is 3.24. The van der Waals surface area contributed by atoms with Crippen LogP contribution in [0.2, 0.25) is 0 Å². The monoisotopic (exact) mass is 288 g/mol. The second kappa shape index (κ2) is 5.09. The molecule has 4 heteroatoms. The second-order valence-electron chi connectivity index (χ2n) is 6.87. The third-order valence-electron chi connectivity index (χ3n) is 5.07. The number of hydrogen-bond acceptors (Lipinski definition) is 2. The van der Waals surface area contributed by atoms with Gasteiger partial charge in [-0.25, -0.2) is 4.39 Å². The molecule has 2 saturated heterocycles. The van der Waals surface area contributed by atoms with Crippen LogP contribution in [0.15, 0.2) is 24.3 Å².